The molecule has 0 radical (unpaired) electrons. The number of nitrogens with one attached hydrogen (secondary N) is 1. The molecule has 0 spiro atoms. The SMILES string of the molecule is COc1ccc(CNC(=O)c2c(Cl)cccc2Oc2cccc(C)c2)cc1F. The second-order valence-electron chi connectivity index (χ2n) is 6.18. The lowest BCUT2D eigenvalue weighted by Gasteiger charge is -2.13. The maximum Gasteiger partial charge on any atom is 0.256 e. The smallest absolute Gasteiger partial charge is 0.256 e. The Hall–Kier alpha value is -3.05. The molecule has 3 aromatic carbocycles. The quantitative estimate of drug-likeness (QED) is 0.593. The molecule has 0 heterocycles. The van der Waals surface area contributed by atoms with Gasteiger partial charge < -0.3 is 14.8 Å². The molecule has 1 N–H and O–H groups in total. The van der Waals surface area contributed by atoms with E-state index >= 15 is 0 Å². The monoisotopic (exact) mass is 399 g/mol. The van der Waals surface area contributed by atoms with Crippen molar-refractivity contribution in [3.63, 3.8) is 0 Å². The van der Waals surface area contributed by atoms with Gasteiger partial charge in [-0.2, -0.15) is 0 Å². The molecule has 0 aromatic heterocycles. The Morgan fingerprint density at radius 3 is 2.57 bits per heavy atom. The predicted molar refractivity (Wildman–Crippen MR) is 107 cm³/mol. The second-order valence-corrected chi connectivity index (χ2v) is 6.59. The van der Waals surface area contributed by atoms with E-state index in [-0.39, 0.29) is 22.9 Å². The second kappa shape index (κ2) is 8.76. The lowest BCUT2D eigenvalue weighted by Crippen LogP contribution is -2.23. The van der Waals surface area contributed by atoms with Crippen LogP contribution in [0, 0.1) is 12.7 Å². The first-order valence-electron chi connectivity index (χ1n) is 8.61. The number of halogens is 2. The summed E-state index contributed by atoms with van der Waals surface area (Å²) in [5.41, 5.74) is 1.85. The molecule has 0 aliphatic rings. The van der Waals surface area contributed by atoms with Crippen LogP contribution in [0.4, 0.5) is 4.39 Å². The fourth-order valence-corrected chi connectivity index (χ4v) is 2.96. The van der Waals surface area contributed by atoms with E-state index < -0.39 is 11.7 Å². The van der Waals surface area contributed by atoms with Gasteiger partial charge in [0.05, 0.1) is 12.1 Å². The van der Waals surface area contributed by atoms with E-state index in [1.165, 1.54) is 19.2 Å². The van der Waals surface area contributed by atoms with Crippen LogP contribution in [-0.2, 0) is 6.54 Å². The number of carbonyl (C=O) groups excluding carboxylic acids is 1. The normalized spacial score (nSPS) is 10.4. The summed E-state index contributed by atoms with van der Waals surface area (Å²) in [5.74, 6) is 0.194. The third-order valence-corrected chi connectivity index (χ3v) is 4.40. The highest BCUT2D eigenvalue weighted by molar-refractivity contribution is 6.34. The molecule has 0 saturated heterocycles. The Morgan fingerprint density at radius 2 is 1.86 bits per heavy atom. The maximum absolute atomic E-state index is 13.8. The van der Waals surface area contributed by atoms with Gasteiger partial charge in [-0.3, -0.25) is 4.79 Å². The van der Waals surface area contributed by atoms with E-state index in [2.05, 4.69) is 5.32 Å². The summed E-state index contributed by atoms with van der Waals surface area (Å²) in [6.07, 6.45) is 0. The molecule has 1 amide bonds. The van der Waals surface area contributed by atoms with Gasteiger partial charge in [-0.15, -0.1) is 0 Å². The molecule has 6 heteroatoms. The highest BCUT2D eigenvalue weighted by Gasteiger charge is 2.17. The number of hydrogen-bond acceptors (Lipinski definition) is 3. The van der Waals surface area contributed by atoms with Crippen LogP contribution in [0.2, 0.25) is 5.02 Å². The fourth-order valence-electron chi connectivity index (χ4n) is 2.71. The Kier molecular flexibility index (Phi) is 6.16. The van der Waals surface area contributed by atoms with Gasteiger partial charge in [0.25, 0.3) is 5.91 Å². The molecule has 0 aliphatic carbocycles. The van der Waals surface area contributed by atoms with Crippen LogP contribution in [0.3, 0.4) is 0 Å². The molecule has 0 aliphatic heterocycles. The van der Waals surface area contributed by atoms with Crippen molar-refractivity contribution in [1.29, 1.82) is 0 Å². The number of amides is 1. The molecular formula is C22H19ClFNO3. The zero-order valence-electron chi connectivity index (χ0n) is 15.5. The number of ether oxygens (including phenoxy) is 2. The van der Waals surface area contributed by atoms with Crippen LogP contribution in [0.25, 0.3) is 0 Å². The summed E-state index contributed by atoms with van der Waals surface area (Å²) in [5, 5.41) is 3.01. The molecule has 0 unspecified atom stereocenters. The molecule has 0 bridgehead atoms. The minimum atomic E-state index is -0.490. The topological polar surface area (TPSA) is 47.6 Å². The van der Waals surface area contributed by atoms with Gasteiger partial charge in [-0.05, 0) is 54.4 Å². The standard InChI is InChI=1S/C22H19ClFNO3/c1-14-5-3-6-16(11-14)28-20-8-4-7-17(23)21(20)22(26)25-13-15-9-10-19(27-2)18(24)12-15/h3-12H,13H2,1-2H3,(H,25,26). The Morgan fingerprint density at radius 1 is 1.07 bits per heavy atom. The van der Waals surface area contributed by atoms with Crippen molar-refractivity contribution in [2.24, 2.45) is 0 Å². The van der Waals surface area contributed by atoms with Gasteiger partial charge in [0.15, 0.2) is 11.6 Å². The average Bonchev–Trinajstić information content (AvgIpc) is 2.66. The van der Waals surface area contributed by atoms with Gasteiger partial charge >= 0.3 is 0 Å². The summed E-state index contributed by atoms with van der Waals surface area (Å²) in [7, 11) is 1.40. The van der Waals surface area contributed by atoms with Gasteiger partial charge in [0.1, 0.15) is 17.1 Å². The number of rotatable bonds is 6. The zero-order valence-corrected chi connectivity index (χ0v) is 16.2. The highest BCUT2D eigenvalue weighted by atomic mass is 35.5. The highest BCUT2D eigenvalue weighted by Crippen LogP contribution is 2.31. The first-order valence-corrected chi connectivity index (χ1v) is 8.99. The Bertz CT molecular complexity index is 1010. The number of carbonyl (C=O) groups is 1. The van der Waals surface area contributed by atoms with E-state index in [1.54, 1.807) is 30.3 Å². The van der Waals surface area contributed by atoms with Crippen molar-refractivity contribution in [1.82, 2.24) is 5.32 Å². The van der Waals surface area contributed by atoms with Crippen molar-refractivity contribution in [3.8, 4) is 17.2 Å². The Balaban J connectivity index is 1.78. The maximum atomic E-state index is 13.8. The molecule has 3 rings (SSSR count). The van der Waals surface area contributed by atoms with Crippen LogP contribution >= 0.6 is 11.6 Å². The van der Waals surface area contributed by atoms with Crippen molar-refractivity contribution in [2.45, 2.75) is 13.5 Å². The first kappa shape index (κ1) is 19.7. The van der Waals surface area contributed by atoms with Crippen LogP contribution < -0.4 is 14.8 Å². The lowest BCUT2D eigenvalue weighted by atomic mass is 10.1. The molecule has 3 aromatic rings. The van der Waals surface area contributed by atoms with Crippen molar-refractivity contribution < 1.29 is 18.7 Å². The average molecular weight is 400 g/mol. The Labute approximate surface area is 167 Å². The van der Waals surface area contributed by atoms with E-state index in [0.717, 1.165) is 5.56 Å². The summed E-state index contributed by atoms with van der Waals surface area (Å²) in [6, 6.07) is 17.0. The van der Waals surface area contributed by atoms with Gasteiger partial charge in [-0.25, -0.2) is 4.39 Å². The largest absolute Gasteiger partial charge is 0.494 e. The third kappa shape index (κ3) is 4.61. The summed E-state index contributed by atoms with van der Waals surface area (Å²) in [6.45, 7) is 2.08. The lowest BCUT2D eigenvalue weighted by molar-refractivity contribution is 0.0948. The number of benzene rings is 3. The predicted octanol–water partition coefficient (Wildman–Crippen LogP) is 5.52. The van der Waals surface area contributed by atoms with Crippen LogP contribution in [0.5, 0.6) is 17.2 Å². The van der Waals surface area contributed by atoms with Crippen molar-refractivity contribution in [2.75, 3.05) is 7.11 Å². The van der Waals surface area contributed by atoms with Gasteiger partial charge in [0.2, 0.25) is 0 Å². The minimum absolute atomic E-state index is 0.134. The van der Waals surface area contributed by atoms with E-state index in [0.29, 0.717) is 17.1 Å². The molecule has 0 saturated carbocycles. The zero-order chi connectivity index (χ0) is 20.1. The van der Waals surface area contributed by atoms with E-state index in [1.807, 2.05) is 25.1 Å². The molecule has 0 fully saturated rings. The van der Waals surface area contributed by atoms with E-state index in [9.17, 15) is 9.18 Å². The molecule has 4 nitrogen and oxygen atoms in total. The summed E-state index contributed by atoms with van der Waals surface area (Å²) in [4.78, 5) is 12.7. The number of hydrogen-bond donors (Lipinski definition) is 1. The number of aryl methyl sites for hydroxylation is 1. The molecular weight excluding hydrogens is 381 g/mol. The van der Waals surface area contributed by atoms with Gasteiger partial charge in [0, 0.05) is 6.54 Å². The first-order chi connectivity index (χ1) is 13.5. The van der Waals surface area contributed by atoms with Crippen molar-refractivity contribution in [3.05, 3.63) is 88.2 Å². The fraction of sp³-hybridized carbons (Fsp3) is 0.136. The molecule has 0 atom stereocenters. The summed E-state index contributed by atoms with van der Waals surface area (Å²) < 4.78 is 24.6. The molecule has 28 heavy (non-hydrogen) atoms. The van der Waals surface area contributed by atoms with Gasteiger partial charge in [-0.1, -0.05) is 35.9 Å². The third-order valence-electron chi connectivity index (χ3n) is 4.09. The minimum Gasteiger partial charge on any atom is -0.494 e. The van der Waals surface area contributed by atoms with Crippen molar-refractivity contribution >= 4 is 17.5 Å². The van der Waals surface area contributed by atoms with E-state index in [4.69, 9.17) is 21.1 Å². The number of methoxy groups -OCH3 is 1. The van der Waals surface area contributed by atoms with Crippen LogP contribution in [0.1, 0.15) is 21.5 Å². The molecule has 144 valence electrons. The van der Waals surface area contributed by atoms with Crippen LogP contribution in [-0.4, -0.2) is 13.0 Å². The van der Waals surface area contributed by atoms with Crippen LogP contribution in [0.15, 0.2) is 60.7 Å². The summed E-state index contributed by atoms with van der Waals surface area (Å²) >= 11 is 6.25.